The van der Waals surface area contributed by atoms with Crippen molar-refractivity contribution in [2.45, 2.75) is 20.3 Å². The Morgan fingerprint density at radius 2 is 2.31 bits per heavy atom. The van der Waals surface area contributed by atoms with Crippen molar-refractivity contribution in [1.29, 1.82) is 0 Å². The van der Waals surface area contributed by atoms with Crippen LogP contribution in [0.25, 0.3) is 0 Å². The summed E-state index contributed by atoms with van der Waals surface area (Å²) < 4.78 is 0. The predicted octanol–water partition coefficient (Wildman–Crippen LogP) is 0.512. The molecule has 16 heavy (non-hydrogen) atoms. The summed E-state index contributed by atoms with van der Waals surface area (Å²) >= 11 is 4.88. The first-order valence-electron chi connectivity index (χ1n) is 4.75. The smallest absolute Gasteiger partial charge is 0.249 e. The highest BCUT2D eigenvalue weighted by Crippen LogP contribution is 2.22. The number of carbonyl (C=O) groups is 1. The number of nitrogens with two attached hydrogens (primary N) is 1. The maximum atomic E-state index is 11.9. The van der Waals surface area contributed by atoms with Crippen LogP contribution in [0.2, 0.25) is 0 Å². The number of hydrogen-bond donors (Lipinski definition) is 2. The molecule has 1 aromatic rings. The molecule has 0 fully saturated rings. The van der Waals surface area contributed by atoms with Crippen LogP contribution in [-0.2, 0) is 4.79 Å². The highest BCUT2D eigenvalue weighted by molar-refractivity contribution is 7.80. The van der Waals surface area contributed by atoms with E-state index in [0.717, 1.165) is 0 Å². The quantitative estimate of drug-likeness (QED) is 0.744. The first kappa shape index (κ1) is 12.4. The van der Waals surface area contributed by atoms with Gasteiger partial charge in [-0.25, -0.2) is 4.98 Å². The molecule has 1 amide bonds. The molecule has 86 valence electrons. The summed E-state index contributed by atoms with van der Waals surface area (Å²) in [5.74, 6) is -0.182. The van der Waals surface area contributed by atoms with E-state index in [-0.39, 0.29) is 16.8 Å². The largest absolute Gasteiger partial charge is 0.392 e. The van der Waals surface area contributed by atoms with Crippen LogP contribution in [-0.4, -0.2) is 26.1 Å². The van der Waals surface area contributed by atoms with Gasteiger partial charge >= 0.3 is 0 Å². The van der Waals surface area contributed by atoms with Crippen molar-refractivity contribution in [3.63, 3.8) is 0 Å². The van der Waals surface area contributed by atoms with Crippen LogP contribution in [0.15, 0.2) is 12.4 Å². The Hall–Kier alpha value is -1.63. The fourth-order valence-corrected chi connectivity index (χ4v) is 1.23. The summed E-state index contributed by atoms with van der Waals surface area (Å²) in [6.07, 6.45) is 3.36. The SMILES string of the molecule is CCC(C)(C(=O)Nc1nccnn1)C(N)=S. The normalized spacial score (nSPS) is 13.9. The average Bonchev–Trinajstić information content (AvgIpc) is 2.28. The summed E-state index contributed by atoms with van der Waals surface area (Å²) in [5, 5.41) is 9.77. The van der Waals surface area contributed by atoms with Crippen LogP contribution in [0.5, 0.6) is 0 Å². The number of anilines is 1. The lowest BCUT2D eigenvalue weighted by atomic mass is 9.86. The molecule has 0 radical (unpaired) electrons. The summed E-state index contributed by atoms with van der Waals surface area (Å²) in [6, 6.07) is 0. The van der Waals surface area contributed by atoms with Crippen molar-refractivity contribution < 1.29 is 4.79 Å². The summed E-state index contributed by atoms with van der Waals surface area (Å²) in [5.41, 5.74) is 4.66. The Balaban J connectivity index is 2.83. The van der Waals surface area contributed by atoms with Gasteiger partial charge in [0.2, 0.25) is 11.9 Å². The number of amides is 1. The number of nitrogens with one attached hydrogen (secondary N) is 1. The van der Waals surface area contributed by atoms with Crippen molar-refractivity contribution in [2.75, 3.05) is 5.32 Å². The number of hydrogen-bond acceptors (Lipinski definition) is 5. The van der Waals surface area contributed by atoms with Gasteiger partial charge in [-0.05, 0) is 13.3 Å². The molecule has 0 bridgehead atoms. The highest BCUT2D eigenvalue weighted by Gasteiger charge is 2.35. The number of rotatable bonds is 4. The standard InChI is InChI=1S/C9H13N5OS/c1-3-9(2,6(10)16)7(15)13-8-11-4-5-12-14-8/h4-5H,3H2,1-2H3,(H2,10,16)(H,11,13,14,15). The van der Waals surface area contributed by atoms with Crippen LogP contribution < -0.4 is 11.1 Å². The van der Waals surface area contributed by atoms with Gasteiger partial charge in [-0.3, -0.25) is 10.1 Å². The van der Waals surface area contributed by atoms with Crippen molar-refractivity contribution >= 4 is 29.1 Å². The average molecular weight is 239 g/mol. The van der Waals surface area contributed by atoms with E-state index in [0.29, 0.717) is 6.42 Å². The van der Waals surface area contributed by atoms with Crippen LogP contribution in [0, 0.1) is 5.41 Å². The summed E-state index contributed by atoms with van der Waals surface area (Å²) in [7, 11) is 0. The molecule has 7 heteroatoms. The lowest BCUT2D eigenvalue weighted by Crippen LogP contribution is -2.43. The van der Waals surface area contributed by atoms with E-state index in [1.165, 1.54) is 12.4 Å². The molecular formula is C9H13N5OS. The lowest BCUT2D eigenvalue weighted by Gasteiger charge is -2.24. The van der Waals surface area contributed by atoms with Gasteiger partial charge in [-0.2, -0.15) is 5.10 Å². The van der Waals surface area contributed by atoms with Crippen LogP contribution in [0.1, 0.15) is 20.3 Å². The summed E-state index contributed by atoms with van der Waals surface area (Å²) in [6.45, 7) is 3.52. The number of thiocarbonyl (C=S) groups is 1. The molecule has 3 N–H and O–H groups in total. The van der Waals surface area contributed by atoms with E-state index in [2.05, 4.69) is 20.5 Å². The van der Waals surface area contributed by atoms with Crippen molar-refractivity contribution in [3.8, 4) is 0 Å². The molecule has 0 aliphatic carbocycles. The second-order valence-electron chi connectivity index (χ2n) is 3.47. The Kier molecular flexibility index (Phi) is 3.83. The molecule has 1 atom stereocenters. The fraction of sp³-hybridized carbons (Fsp3) is 0.444. The van der Waals surface area contributed by atoms with Crippen molar-refractivity contribution in [2.24, 2.45) is 11.1 Å². The fourth-order valence-electron chi connectivity index (χ4n) is 0.991. The molecule has 0 saturated heterocycles. The molecule has 0 aromatic carbocycles. The molecule has 0 aliphatic heterocycles. The molecule has 0 aliphatic rings. The lowest BCUT2D eigenvalue weighted by molar-refractivity contribution is -0.121. The van der Waals surface area contributed by atoms with Gasteiger partial charge < -0.3 is 5.73 Å². The van der Waals surface area contributed by atoms with Crippen molar-refractivity contribution in [1.82, 2.24) is 15.2 Å². The van der Waals surface area contributed by atoms with E-state index >= 15 is 0 Å². The Morgan fingerprint density at radius 1 is 1.62 bits per heavy atom. The minimum absolute atomic E-state index is 0.142. The van der Waals surface area contributed by atoms with Gasteiger partial charge in [-0.1, -0.05) is 19.1 Å². The highest BCUT2D eigenvalue weighted by atomic mass is 32.1. The first-order chi connectivity index (χ1) is 7.50. The van der Waals surface area contributed by atoms with E-state index in [4.69, 9.17) is 18.0 Å². The van der Waals surface area contributed by atoms with E-state index < -0.39 is 5.41 Å². The zero-order valence-electron chi connectivity index (χ0n) is 9.10. The molecule has 0 spiro atoms. The number of carbonyl (C=O) groups excluding carboxylic acids is 1. The third-order valence-electron chi connectivity index (χ3n) is 2.46. The zero-order valence-corrected chi connectivity index (χ0v) is 9.91. The second-order valence-corrected chi connectivity index (χ2v) is 3.91. The van der Waals surface area contributed by atoms with Gasteiger partial charge in [0.05, 0.1) is 22.8 Å². The maximum absolute atomic E-state index is 11.9. The minimum atomic E-state index is -0.894. The van der Waals surface area contributed by atoms with Gasteiger partial charge in [0.15, 0.2) is 0 Å². The van der Waals surface area contributed by atoms with Crippen LogP contribution in [0.4, 0.5) is 5.95 Å². The van der Waals surface area contributed by atoms with E-state index in [1.807, 2.05) is 6.92 Å². The predicted molar refractivity (Wildman–Crippen MR) is 63.6 cm³/mol. The third-order valence-corrected chi connectivity index (χ3v) is 2.91. The number of aromatic nitrogens is 3. The minimum Gasteiger partial charge on any atom is -0.392 e. The van der Waals surface area contributed by atoms with Crippen LogP contribution in [0.3, 0.4) is 0 Å². The van der Waals surface area contributed by atoms with Gasteiger partial charge in [0.1, 0.15) is 0 Å². The van der Waals surface area contributed by atoms with Crippen LogP contribution >= 0.6 is 12.2 Å². The Labute approximate surface area is 98.7 Å². The van der Waals surface area contributed by atoms with Gasteiger partial charge in [0, 0.05) is 0 Å². The van der Waals surface area contributed by atoms with Gasteiger partial charge in [0.25, 0.3) is 0 Å². The second kappa shape index (κ2) is 4.93. The molecule has 1 heterocycles. The monoisotopic (exact) mass is 239 g/mol. The Bertz CT molecular complexity index is 396. The molecule has 0 saturated carbocycles. The van der Waals surface area contributed by atoms with E-state index in [9.17, 15) is 4.79 Å². The topological polar surface area (TPSA) is 93.8 Å². The van der Waals surface area contributed by atoms with Gasteiger partial charge in [-0.15, -0.1) is 5.10 Å². The van der Waals surface area contributed by atoms with E-state index in [1.54, 1.807) is 6.92 Å². The molecular weight excluding hydrogens is 226 g/mol. The zero-order chi connectivity index (χ0) is 12.2. The Morgan fingerprint density at radius 3 is 2.75 bits per heavy atom. The third kappa shape index (κ3) is 2.48. The maximum Gasteiger partial charge on any atom is 0.249 e. The number of nitrogens with zero attached hydrogens (tertiary/aromatic N) is 3. The molecule has 1 rings (SSSR count). The molecule has 1 aromatic heterocycles. The first-order valence-corrected chi connectivity index (χ1v) is 5.16. The van der Waals surface area contributed by atoms with Crippen molar-refractivity contribution in [3.05, 3.63) is 12.4 Å². The molecule has 6 nitrogen and oxygen atoms in total. The molecule has 1 unspecified atom stereocenters. The summed E-state index contributed by atoms with van der Waals surface area (Å²) in [4.78, 5) is 15.9.